The molecule has 1 saturated heterocycles. The summed E-state index contributed by atoms with van der Waals surface area (Å²) in [7, 11) is 1.99. The van der Waals surface area contributed by atoms with E-state index in [1.165, 1.54) is 0 Å². The maximum absolute atomic E-state index is 12.0. The van der Waals surface area contributed by atoms with E-state index in [0.29, 0.717) is 12.3 Å². The molecule has 0 radical (unpaired) electrons. The Morgan fingerprint density at radius 2 is 2.11 bits per heavy atom. The van der Waals surface area contributed by atoms with Crippen LogP contribution in [0.5, 0.6) is 0 Å². The summed E-state index contributed by atoms with van der Waals surface area (Å²) >= 11 is 0. The Balaban J connectivity index is 1.66. The normalized spacial score (nSPS) is 17.0. The Hall–Kier alpha value is -2.77. The first-order valence-corrected chi connectivity index (χ1v) is 10.00. The van der Waals surface area contributed by atoms with Crippen LogP contribution in [-0.4, -0.2) is 53.2 Å². The van der Waals surface area contributed by atoms with Crippen molar-refractivity contribution in [3.05, 3.63) is 23.9 Å². The molecule has 0 bridgehead atoms. The number of hydrogen-bond acceptors (Lipinski definition) is 5. The highest BCUT2D eigenvalue weighted by molar-refractivity contribution is 5.79. The number of carbonyl (C=O) groups excluding carboxylic acids is 1. The fourth-order valence-electron chi connectivity index (χ4n) is 4.14. The zero-order valence-electron chi connectivity index (χ0n) is 17.0. The fourth-order valence-corrected chi connectivity index (χ4v) is 4.14. The molecule has 8 nitrogen and oxygen atoms in total. The number of hydrogen-bond donors (Lipinski definition) is 0. The second-order valence-corrected chi connectivity index (χ2v) is 7.50. The van der Waals surface area contributed by atoms with Gasteiger partial charge >= 0.3 is 0 Å². The zero-order chi connectivity index (χ0) is 19.8. The van der Waals surface area contributed by atoms with E-state index >= 15 is 0 Å². The molecule has 0 aromatic carbocycles. The molecule has 0 saturated carbocycles. The van der Waals surface area contributed by atoms with Crippen LogP contribution in [0.15, 0.2) is 12.5 Å². The van der Waals surface area contributed by atoms with E-state index in [1.54, 1.807) is 6.33 Å². The standard InChI is InChI=1S/C20H27N7O/c1-5-17(28)26-8-7-14(11-26)9-16-18-20(22-12-21-16)25(4)19(24-18)15-10-23-27(6-2)13(15)3/h10,12,14H,5-9,11H2,1-4H3. The second kappa shape index (κ2) is 7.33. The average Bonchev–Trinajstić information content (AvgIpc) is 3.40. The van der Waals surface area contributed by atoms with Crippen molar-refractivity contribution in [3.8, 4) is 11.4 Å². The monoisotopic (exact) mass is 381 g/mol. The highest BCUT2D eigenvalue weighted by atomic mass is 16.2. The minimum absolute atomic E-state index is 0.235. The number of aromatic nitrogens is 6. The molecule has 28 heavy (non-hydrogen) atoms. The molecule has 4 heterocycles. The Bertz CT molecular complexity index is 1020. The summed E-state index contributed by atoms with van der Waals surface area (Å²) in [5.41, 5.74) is 4.77. The third kappa shape index (κ3) is 3.06. The third-order valence-corrected chi connectivity index (χ3v) is 5.80. The van der Waals surface area contributed by atoms with Gasteiger partial charge < -0.3 is 9.47 Å². The van der Waals surface area contributed by atoms with Crippen molar-refractivity contribution in [1.29, 1.82) is 0 Å². The molecule has 148 valence electrons. The summed E-state index contributed by atoms with van der Waals surface area (Å²) in [5.74, 6) is 1.52. The van der Waals surface area contributed by atoms with Gasteiger partial charge in [0.25, 0.3) is 0 Å². The van der Waals surface area contributed by atoms with Crippen LogP contribution in [0.3, 0.4) is 0 Å². The number of aryl methyl sites for hydroxylation is 2. The maximum Gasteiger partial charge on any atom is 0.222 e. The van der Waals surface area contributed by atoms with E-state index < -0.39 is 0 Å². The molecule has 3 aromatic heterocycles. The number of amides is 1. The summed E-state index contributed by atoms with van der Waals surface area (Å²) in [6, 6.07) is 0. The lowest BCUT2D eigenvalue weighted by molar-refractivity contribution is -0.129. The van der Waals surface area contributed by atoms with Crippen LogP contribution >= 0.6 is 0 Å². The molecule has 8 heteroatoms. The predicted octanol–water partition coefficient (Wildman–Crippen LogP) is 2.36. The summed E-state index contributed by atoms with van der Waals surface area (Å²) in [4.78, 5) is 27.9. The van der Waals surface area contributed by atoms with Gasteiger partial charge in [-0.2, -0.15) is 5.10 Å². The Kier molecular flexibility index (Phi) is 4.87. The van der Waals surface area contributed by atoms with Gasteiger partial charge in [-0.25, -0.2) is 15.0 Å². The Morgan fingerprint density at radius 3 is 2.82 bits per heavy atom. The highest BCUT2D eigenvalue weighted by Gasteiger charge is 2.27. The third-order valence-electron chi connectivity index (χ3n) is 5.80. The van der Waals surface area contributed by atoms with E-state index in [0.717, 1.165) is 66.4 Å². The van der Waals surface area contributed by atoms with Gasteiger partial charge in [-0.15, -0.1) is 0 Å². The molecular weight excluding hydrogens is 354 g/mol. The quantitative estimate of drug-likeness (QED) is 0.678. The lowest BCUT2D eigenvalue weighted by atomic mass is 10.0. The SMILES string of the molecule is CCC(=O)N1CCC(Cc2ncnc3c2nc(-c2cnn(CC)c2C)n3C)C1. The molecule has 0 spiro atoms. The molecule has 0 aliphatic carbocycles. The first-order valence-electron chi connectivity index (χ1n) is 10.00. The van der Waals surface area contributed by atoms with Crippen LogP contribution in [0.4, 0.5) is 0 Å². The molecule has 0 N–H and O–H groups in total. The molecule has 1 atom stereocenters. The average molecular weight is 381 g/mol. The topological polar surface area (TPSA) is 81.7 Å². The Labute approximate surface area is 164 Å². The van der Waals surface area contributed by atoms with Crippen LogP contribution in [0.2, 0.25) is 0 Å². The van der Waals surface area contributed by atoms with E-state index in [9.17, 15) is 4.79 Å². The molecule has 1 unspecified atom stereocenters. The number of fused-ring (bicyclic) bond motifs is 1. The molecule has 1 amide bonds. The smallest absolute Gasteiger partial charge is 0.222 e. The van der Waals surface area contributed by atoms with Crippen molar-refractivity contribution in [2.24, 2.45) is 13.0 Å². The minimum atomic E-state index is 0.235. The maximum atomic E-state index is 12.0. The number of carbonyl (C=O) groups is 1. The summed E-state index contributed by atoms with van der Waals surface area (Å²) in [5, 5.41) is 4.45. The van der Waals surface area contributed by atoms with Crippen molar-refractivity contribution >= 4 is 17.1 Å². The van der Waals surface area contributed by atoms with Gasteiger partial charge in [0.2, 0.25) is 5.91 Å². The minimum Gasteiger partial charge on any atom is -0.342 e. The second-order valence-electron chi connectivity index (χ2n) is 7.50. The largest absolute Gasteiger partial charge is 0.342 e. The number of rotatable bonds is 5. The van der Waals surface area contributed by atoms with Crippen LogP contribution in [0.25, 0.3) is 22.6 Å². The summed E-state index contributed by atoms with van der Waals surface area (Å²) in [6.07, 6.45) is 5.89. The molecule has 1 aliphatic heterocycles. The predicted molar refractivity (Wildman–Crippen MR) is 107 cm³/mol. The summed E-state index contributed by atoms with van der Waals surface area (Å²) in [6.45, 7) is 8.54. The van der Waals surface area contributed by atoms with Crippen LogP contribution in [-0.2, 0) is 24.8 Å². The molecule has 4 rings (SSSR count). The van der Waals surface area contributed by atoms with Crippen molar-refractivity contribution in [3.63, 3.8) is 0 Å². The number of nitrogens with zero attached hydrogens (tertiary/aromatic N) is 7. The first-order chi connectivity index (χ1) is 13.5. The number of likely N-dealkylation sites (tertiary alicyclic amines) is 1. The van der Waals surface area contributed by atoms with Gasteiger partial charge in [-0.3, -0.25) is 9.48 Å². The van der Waals surface area contributed by atoms with Crippen LogP contribution < -0.4 is 0 Å². The molecular formula is C20H27N7O. The fraction of sp³-hybridized carbons (Fsp3) is 0.550. The van der Waals surface area contributed by atoms with Crippen LogP contribution in [0, 0.1) is 12.8 Å². The molecule has 1 fully saturated rings. The van der Waals surface area contributed by atoms with Crippen molar-refractivity contribution < 1.29 is 4.79 Å². The lowest BCUT2D eigenvalue weighted by Gasteiger charge is -2.15. The van der Waals surface area contributed by atoms with Crippen LogP contribution in [0.1, 0.15) is 38.1 Å². The van der Waals surface area contributed by atoms with Crippen molar-refractivity contribution in [1.82, 2.24) is 34.2 Å². The van der Waals surface area contributed by atoms with E-state index in [2.05, 4.69) is 28.9 Å². The van der Waals surface area contributed by atoms with Gasteiger partial charge in [0.1, 0.15) is 17.7 Å². The molecule has 1 aliphatic rings. The van der Waals surface area contributed by atoms with Gasteiger partial charge in [0, 0.05) is 38.8 Å². The van der Waals surface area contributed by atoms with E-state index in [4.69, 9.17) is 4.98 Å². The van der Waals surface area contributed by atoms with Crippen molar-refractivity contribution in [2.45, 2.75) is 46.6 Å². The van der Waals surface area contributed by atoms with Gasteiger partial charge in [-0.1, -0.05) is 6.92 Å². The number of imidazole rings is 1. The Morgan fingerprint density at radius 1 is 1.29 bits per heavy atom. The highest BCUT2D eigenvalue weighted by Crippen LogP contribution is 2.28. The van der Waals surface area contributed by atoms with Crippen molar-refractivity contribution in [2.75, 3.05) is 13.1 Å². The van der Waals surface area contributed by atoms with E-state index in [1.807, 2.05) is 34.3 Å². The lowest BCUT2D eigenvalue weighted by Crippen LogP contribution is -2.28. The molecule has 3 aromatic rings. The first kappa shape index (κ1) is 18.6. The van der Waals surface area contributed by atoms with E-state index in [-0.39, 0.29) is 5.91 Å². The van der Waals surface area contributed by atoms with Gasteiger partial charge in [-0.05, 0) is 32.6 Å². The van der Waals surface area contributed by atoms with Gasteiger partial charge in [0.05, 0.1) is 17.5 Å². The summed E-state index contributed by atoms with van der Waals surface area (Å²) < 4.78 is 3.99. The van der Waals surface area contributed by atoms with Gasteiger partial charge in [0.15, 0.2) is 5.65 Å². The zero-order valence-corrected chi connectivity index (χ0v) is 17.0.